The van der Waals surface area contributed by atoms with Gasteiger partial charge in [-0.25, -0.2) is 53.6 Å². The van der Waals surface area contributed by atoms with Crippen LogP contribution in [0.5, 0.6) is 0 Å². The molecule has 13 heterocycles. The number of aromatic nitrogens is 18. The summed E-state index contributed by atoms with van der Waals surface area (Å²) < 4.78 is 39.8. The quantitative estimate of drug-likeness (QED) is 0.0760. The summed E-state index contributed by atoms with van der Waals surface area (Å²) in [6.45, 7) is 77.8. The Morgan fingerprint density at radius 1 is 0.319 bits per heavy atom. The largest absolute Gasteiger partial charge is 0.469 e. The molecule has 0 spiro atoms. The molecule has 141 heavy (non-hydrogen) atoms. The average Bonchev–Trinajstić information content (AvgIpc) is 1.63. The van der Waals surface area contributed by atoms with Gasteiger partial charge in [0.2, 0.25) is 0 Å². The first kappa shape index (κ1) is 133. The number of alkyl halides is 2. The number of ether oxygens (including phenoxy) is 2. The van der Waals surface area contributed by atoms with E-state index in [9.17, 15) is 8.78 Å². The molecule has 25 heteroatoms. The maximum absolute atomic E-state index is 12.0. The maximum atomic E-state index is 12.0. The van der Waals surface area contributed by atoms with E-state index in [2.05, 4.69) is 290 Å². The molecule has 2 aliphatic heterocycles. The number of aliphatic hydroxyl groups is 2. The fourth-order valence-corrected chi connectivity index (χ4v) is 11.7. The van der Waals surface area contributed by atoms with Crippen LogP contribution >= 0.6 is 0 Å². The third-order valence-corrected chi connectivity index (χ3v) is 22.1. The topological polar surface area (TPSA) is 304 Å². The molecule has 11 aromatic heterocycles. The van der Waals surface area contributed by atoms with Gasteiger partial charge in [0.05, 0.1) is 48.3 Å². The Morgan fingerprint density at radius 3 is 1.02 bits per heavy atom. The molecular weight excluding hydrogens is 1760 g/mol. The van der Waals surface area contributed by atoms with E-state index in [0.717, 1.165) is 89.9 Å². The summed E-state index contributed by atoms with van der Waals surface area (Å²) in [5.41, 5.74) is 9.46. The van der Waals surface area contributed by atoms with Gasteiger partial charge in [-0.1, -0.05) is 261 Å². The van der Waals surface area contributed by atoms with Gasteiger partial charge in [0.15, 0.2) is 0 Å². The molecule has 11 aromatic rings. The zero-order valence-electron chi connectivity index (χ0n) is 93.5. The summed E-state index contributed by atoms with van der Waals surface area (Å²) >= 11 is 0. The molecule has 0 bridgehead atoms. The predicted molar refractivity (Wildman–Crippen MR) is 579 cm³/mol. The highest BCUT2D eigenvalue weighted by Crippen LogP contribution is 2.52. The normalized spacial score (nSPS) is 14.6. The highest BCUT2D eigenvalue weighted by Gasteiger charge is 2.57. The molecule has 23 nitrogen and oxygen atoms in total. The van der Waals surface area contributed by atoms with Gasteiger partial charge in [-0.3, -0.25) is 24.9 Å². The van der Waals surface area contributed by atoms with E-state index < -0.39 is 5.92 Å². The molecule has 3 unspecified atom stereocenters. The summed E-state index contributed by atoms with van der Waals surface area (Å²) in [5.74, 6) is 10.4. The number of halogens is 2. The van der Waals surface area contributed by atoms with Crippen LogP contribution in [-0.4, -0.2) is 144 Å². The molecule has 15 rings (SSSR count). The minimum Gasteiger partial charge on any atom is -0.469 e. The fraction of sp³-hybridized carbons (Fsp3) is 0.603. The maximum Gasteiger partial charge on any atom is 0.251 e. The standard InChI is InChI=1S/3C8H11N.6C7H10N2.C7H14O.C7H10O.C6H10F2.C6H9N3.C6H12O.2C6H14O.C6H12/c1-7(2)8-3-5-9-6-4-8;1-7(2)8-4-3-5-9-6-8;1-7(2)8-5-3-4-6-9-8;1-6(2)7-3-8-5-9-4-7;1-6(2)7-5-8-3-4-9-7;1-6(2)7-3-4-8-5-9-7;1-6(2)7-3-4-8-9-5-7;1-6(2)7-8-4-3-5-9-7;1-6(2)7-4-3-5-8-9-7;2*1-6(2)7-4-3-5-8-7;1-4(2)5-3-6(5,7)8;1-5(2)6-8-3-7-4-9-6;1-5(2)6-3-4-7-6;2*1-4-6(7)5(2)3;1-5(2)6-3-4-6/h3*3-7H,1-2H3;6*3-6H,1-2H3;6-7H,3-5H2,1-2H3;3-6H,1-2H3;4-5H,3H2,1-2H3;3-5H,1-2H3;5-6H,3-4H2,1-2H3;2*5-7H,4H2,1-3H3;5-6H,3-4H2,1-2H3/t;;;;;;;;;;;;;;2*6-;/m..............10./s1. The third-order valence-electron chi connectivity index (χ3n) is 22.1. The lowest BCUT2D eigenvalue weighted by Gasteiger charge is -2.29. The van der Waals surface area contributed by atoms with Crippen LogP contribution in [0.2, 0.25) is 0 Å². The van der Waals surface area contributed by atoms with E-state index in [-0.39, 0.29) is 30.5 Å². The zero-order valence-corrected chi connectivity index (χ0v) is 93.5. The molecule has 5 atom stereocenters. The van der Waals surface area contributed by atoms with Crippen LogP contribution < -0.4 is 0 Å². The molecule has 2 N–H and O–H groups in total. The minimum atomic E-state index is -2.31. The van der Waals surface area contributed by atoms with Crippen LogP contribution in [0.15, 0.2) is 220 Å². The number of rotatable bonds is 19. The fourth-order valence-electron chi connectivity index (χ4n) is 11.7. The SMILES string of the molecule is CC(C)C1CC1.CC(C)C1CC1(F)F.CC(C)C1CCCO1.CC(C)C1CCO1.CC(C)c1ccccn1.CC(C)c1cccnc1.CC(C)c1cccnn1.CC(C)c1ccco1.CC(C)c1ccncc1.CC(C)c1ccncn1.CC(C)c1ccnnc1.CC(C)c1cnccn1.CC(C)c1cncnc1.CC(C)c1ncccn1.CC(C)c1ncncn1.CC[C@@H](O)C(C)C.CC[C@H](O)C(C)C. The zero-order chi connectivity index (χ0) is 107. The van der Waals surface area contributed by atoms with Crippen LogP contribution in [0, 0.1) is 47.3 Å². The summed E-state index contributed by atoms with van der Waals surface area (Å²) in [5, 5.41) is 33.0. The van der Waals surface area contributed by atoms with Crippen molar-refractivity contribution in [2.75, 3.05) is 13.2 Å². The van der Waals surface area contributed by atoms with E-state index in [1.807, 2.05) is 171 Å². The van der Waals surface area contributed by atoms with Crippen molar-refractivity contribution in [2.45, 2.75) is 396 Å². The number of aliphatic hydroxyl groups excluding tert-OH is 2. The van der Waals surface area contributed by atoms with Crippen LogP contribution in [0.1, 0.15) is 428 Å². The smallest absolute Gasteiger partial charge is 0.251 e. The van der Waals surface area contributed by atoms with Gasteiger partial charge in [0, 0.05) is 148 Å². The summed E-state index contributed by atoms with van der Waals surface area (Å²) in [6.07, 6.45) is 46.1. The molecule has 4 aliphatic rings. The second kappa shape index (κ2) is 80.4. The second-order valence-electron chi connectivity index (χ2n) is 40.5. The first-order valence-corrected chi connectivity index (χ1v) is 51.6. The Balaban J connectivity index is 0. The van der Waals surface area contributed by atoms with Crippen molar-refractivity contribution < 1.29 is 32.9 Å². The lowest BCUT2D eigenvalue weighted by molar-refractivity contribution is -0.0763. The molecule has 0 radical (unpaired) electrons. The lowest BCUT2D eigenvalue weighted by atomic mass is 10.0. The van der Waals surface area contributed by atoms with E-state index in [1.165, 1.54) is 67.0 Å². The number of hydrogen-bond acceptors (Lipinski definition) is 23. The number of nitrogens with zero attached hydrogens (tertiary/aromatic N) is 18. The van der Waals surface area contributed by atoms with Gasteiger partial charge >= 0.3 is 0 Å². The summed E-state index contributed by atoms with van der Waals surface area (Å²) in [6, 6.07) is 27.7. The Bertz CT molecular complexity index is 3760. The average molecular weight is 1950 g/mol. The van der Waals surface area contributed by atoms with Crippen LogP contribution in [0.25, 0.3) is 0 Å². The van der Waals surface area contributed by atoms with Crippen LogP contribution in [-0.2, 0) is 9.47 Å². The Hall–Kier alpha value is -10.1. The number of pyridine rings is 3. The molecule has 786 valence electrons. The van der Waals surface area contributed by atoms with Crippen molar-refractivity contribution in [3.63, 3.8) is 0 Å². The van der Waals surface area contributed by atoms with Crippen molar-refractivity contribution in [1.82, 2.24) is 90.2 Å². The van der Waals surface area contributed by atoms with Gasteiger partial charge in [-0.15, -0.1) is 0 Å². The van der Waals surface area contributed by atoms with Gasteiger partial charge in [-0.2, -0.15) is 20.4 Å². The van der Waals surface area contributed by atoms with Gasteiger partial charge in [0.1, 0.15) is 42.7 Å². The second-order valence-corrected chi connectivity index (χ2v) is 40.5. The molecule has 0 aromatic carbocycles. The highest BCUT2D eigenvalue weighted by atomic mass is 19.3. The highest BCUT2D eigenvalue weighted by molar-refractivity contribution is 5.15. The summed E-state index contributed by atoms with van der Waals surface area (Å²) in [4.78, 5) is 55.6. The van der Waals surface area contributed by atoms with Crippen molar-refractivity contribution >= 4 is 0 Å². The third kappa shape index (κ3) is 70.3. The molecule has 2 aliphatic carbocycles. The monoisotopic (exact) mass is 1950 g/mol. The summed E-state index contributed by atoms with van der Waals surface area (Å²) in [7, 11) is 0. The van der Waals surface area contributed by atoms with Gasteiger partial charge in [-0.05, 0) is 229 Å². The predicted octanol–water partition coefficient (Wildman–Crippen LogP) is 30.0. The van der Waals surface area contributed by atoms with E-state index >= 15 is 0 Å². The molecule has 0 amide bonds. The van der Waals surface area contributed by atoms with Crippen molar-refractivity contribution in [3.8, 4) is 0 Å². The van der Waals surface area contributed by atoms with E-state index in [1.54, 1.807) is 80.9 Å². The Kier molecular flexibility index (Phi) is 75.8. The number of hydrogen-bond donors (Lipinski definition) is 2. The molecular formula is C116H188F2N18O5. The van der Waals surface area contributed by atoms with Crippen LogP contribution in [0.3, 0.4) is 0 Å². The van der Waals surface area contributed by atoms with E-state index in [4.69, 9.17) is 24.1 Å². The number of furan rings is 1. The lowest BCUT2D eigenvalue weighted by Crippen LogP contribution is -2.31. The Labute approximate surface area is 852 Å². The molecule has 4 fully saturated rings. The first-order valence-electron chi connectivity index (χ1n) is 51.6. The van der Waals surface area contributed by atoms with Gasteiger partial charge in [0.25, 0.3) is 5.92 Å². The minimum absolute atomic E-state index is 0.0972. The van der Waals surface area contributed by atoms with E-state index in [0.29, 0.717) is 89.1 Å². The Morgan fingerprint density at radius 2 is 0.780 bits per heavy atom. The van der Waals surface area contributed by atoms with Crippen LogP contribution in [0.4, 0.5) is 8.78 Å². The van der Waals surface area contributed by atoms with Crippen molar-refractivity contribution in [2.24, 2.45) is 47.3 Å². The van der Waals surface area contributed by atoms with Crippen molar-refractivity contribution in [3.05, 3.63) is 278 Å². The molecule has 2 saturated carbocycles. The first-order chi connectivity index (χ1) is 66.7. The molecule has 2 saturated heterocycles. The van der Waals surface area contributed by atoms with Crippen molar-refractivity contribution in [1.29, 1.82) is 0 Å². The van der Waals surface area contributed by atoms with Gasteiger partial charge < -0.3 is 24.1 Å².